The number of ether oxygens (including phenoxy) is 3. The smallest absolute Gasteiger partial charge is 0.410 e. The minimum atomic E-state index is -1.11. The number of hydrogen-bond acceptors (Lipinski definition) is 7. The summed E-state index contributed by atoms with van der Waals surface area (Å²) in [6.45, 7) is 11.5. The summed E-state index contributed by atoms with van der Waals surface area (Å²) in [6.07, 6.45) is 1.18. The molecular formula is C32H39N3O7. The molecule has 1 aromatic heterocycles. The van der Waals surface area contributed by atoms with Crippen LogP contribution in [0.1, 0.15) is 55.1 Å². The number of carboxylic acids is 1. The van der Waals surface area contributed by atoms with Crippen molar-refractivity contribution in [2.45, 2.75) is 65.3 Å². The van der Waals surface area contributed by atoms with Gasteiger partial charge < -0.3 is 33.7 Å². The van der Waals surface area contributed by atoms with Gasteiger partial charge in [-0.2, -0.15) is 0 Å². The van der Waals surface area contributed by atoms with E-state index in [0.29, 0.717) is 55.2 Å². The van der Waals surface area contributed by atoms with Gasteiger partial charge in [-0.15, -0.1) is 0 Å². The second-order valence-electron chi connectivity index (χ2n) is 12.0. The Labute approximate surface area is 245 Å². The van der Waals surface area contributed by atoms with Crippen molar-refractivity contribution in [1.82, 2.24) is 14.4 Å². The molecule has 42 heavy (non-hydrogen) atoms. The lowest BCUT2D eigenvalue weighted by Gasteiger charge is -2.39. The molecular weight excluding hydrogens is 538 g/mol. The van der Waals surface area contributed by atoms with Gasteiger partial charge in [0.15, 0.2) is 11.5 Å². The van der Waals surface area contributed by atoms with Crippen molar-refractivity contribution in [3.05, 3.63) is 69.5 Å². The zero-order valence-electron chi connectivity index (χ0n) is 24.7. The number of fused-ring (bicyclic) bond motifs is 2. The second-order valence-corrected chi connectivity index (χ2v) is 12.0. The van der Waals surface area contributed by atoms with Crippen LogP contribution in [0.3, 0.4) is 0 Å². The number of likely N-dealkylation sites (tertiary alicyclic amines) is 1. The van der Waals surface area contributed by atoms with E-state index >= 15 is 0 Å². The van der Waals surface area contributed by atoms with Crippen LogP contribution < -0.4 is 15.0 Å². The van der Waals surface area contributed by atoms with E-state index in [0.717, 1.165) is 37.1 Å². The number of rotatable bonds is 7. The first-order valence-electron chi connectivity index (χ1n) is 14.5. The fourth-order valence-corrected chi connectivity index (χ4v) is 5.64. The summed E-state index contributed by atoms with van der Waals surface area (Å²) in [5.74, 6) is 0.287. The standard InChI is InChI=1S/C32H39N3O7/c1-21-5-7-24-25(30(37)38)19-29(36)34(26(24)17-21)14-13-33-11-9-23(10-12-33)35(31(39)42-32(2,3)4)20-22-6-8-27-28(18-22)41-16-15-40-27/h5-8,17-19,23H,9-16,20H2,1-4H3,(H,37,38). The summed E-state index contributed by atoms with van der Waals surface area (Å²) < 4.78 is 18.9. The summed E-state index contributed by atoms with van der Waals surface area (Å²) in [5, 5.41) is 10.2. The molecule has 2 aliphatic heterocycles. The topological polar surface area (TPSA) is 111 Å². The van der Waals surface area contributed by atoms with Gasteiger partial charge in [-0.05, 0) is 69.9 Å². The first kappa shape index (κ1) is 29.4. The van der Waals surface area contributed by atoms with Crippen LogP contribution in [-0.4, -0.2) is 76.0 Å². The summed E-state index contributed by atoms with van der Waals surface area (Å²) in [6, 6.07) is 12.5. The van der Waals surface area contributed by atoms with Gasteiger partial charge in [0.2, 0.25) is 0 Å². The van der Waals surface area contributed by atoms with Gasteiger partial charge in [-0.3, -0.25) is 4.79 Å². The molecule has 2 aromatic carbocycles. The third-order valence-electron chi connectivity index (χ3n) is 7.72. The molecule has 1 saturated heterocycles. The van der Waals surface area contributed by atoms with Crippen molar-refractivity contribution in [1.29, 1.82) is 0 Å². The number of aryl methyl sites for hydroxylation is 1. The predicted octanol–water partition coefficient (Wildman–Crippen LogP) is 4.68. The number of aromatic carboxylic acids is 1. The number of hydrogen-bond donors (Lipinski definition) is 1. The van der Waals surface area contributed by atoms with Crippen LogP contribution in [0.5, 0.6) is 11.5 Å². The zero-order chi connectivity index (χ0) is 30.0. The lowest BCUT2D eigenvalue weighted by atomic mass is 10.0. The molecule has 0 unspecified atom stereocenters. The largest absolute Gasteiger partial charge is 0.486 e. The minimum absolute atomic E-state index is 0.00893. The molecule has 224 valence electrons. The Morgan fingerprint density at radius 1 is 1.00 bits per heavy atom. The number of pyridine rings is 1. The molecule has 1 fully saturated rings. The van der Waals surface area contributed by atoms with Crippen molar-refractivity contribution < 1.29 is 28.9 Å². The average molecular weight is 578 g/mol. The third-order valence-corrected chi connectivity index (χ3v) is 7.72. The monoisotopic (exact) mass is 577 g/mol. The molecule has 10 heteroatoms. The van der Waals surface area contributed by atoms with Crippen LogP contribution in [0.2, 0.25) is 0 Å². The Balaban J connectivity index is 1.28. The second kappa shape index (κ2) is 12.1. The van der Waals surface area contributed by atoms with E-state index < -0.39 is 11.6 Å². The summed E-state index contributed by atoms with van der Waals surface area (Å²) in [7, 11) is 0. The van der Waals surface area contributed by atoms with Gasteiger partial charge in [0.1, 0.15) is 18.8 Å². The number of aromatic nitrogens is 1. The SMILES string of the molecule is Cc1ccc2c(C(=O)O)cc(=O)n(CCN3CCC(N(Cc4ccc5c(c4)OCCO5)C(=O)OC(C)(C)C)CC3)c2c1. The summed E-state index contributed by atoms with van der Waals surface area (Å²) in [5.41, 5.74) is 1.61. The van der Waals surface area contributed by atoms with E-state index in [4.69, 9.17) is 14.2 Å². The fourth-order valence-electron chi connectivity index (χ4n) is 5.64. The third kappa shape index (κ3) is 6.70. The lowest BCUT2D eigenvalue weighted by molar-refractivity contribution is 0.00561. The van der Waals surface area contributed by atoms with Crippen LogP contribution in [0, 0.1) is 6.92 Å². The zero-order valence-corrected chi connectivity index (χ0v) is 24.7. The van der Waals surface area contributed by atoms with E-state index in [1.807, 2.05) is 62.9 Å². The highest BCUT2D eigenvalue weighted by Crippen LogP contribution is 2.32. The number of carbonyl (C=O) groups is 2. The molecule has 5 rings (SSSR count). The lowest BCUT2D eigenvalue weighted by Crippen LogP contribution is -2.49. The van der Waals surface area contributed by atoms with Crippen LogP contribution in [0.15, 0.2) is 47.3 Å². The van der Waals surface area contributed by atoms with Crippen molar-refractivity contribution in [3.8, 4) is 11.5 Å². The molecule has 10 nitrogen and oxygen atoms in total. The van der Waals surface area contributed by atoms with E-state index in [1.54, 1.807) is 10.6 Å². The Kier molecular flexibility index (Phi) is 8.45. The van der Waals surface area contributed by atoms with Crippen molar-refractivity contribution >= 4 is 23.0 Å². The van der Waals surface area contributed by atoms with Gasteiger partial charge in [-0.25, -0.2) is 9.59 Å². The van der Waals surface area contributed by atoms with Crippen LogP contribution in [-0.2, 0) is 17.8 Å². The van der Waals surface area contributed by atoms with E-state index in [2.05, 4.69) is 4.90 Å². The molecule has 0 saturated carbocycles. The highest BCUT2D eigenvalue weighted by Gasteiger charge is 2.31. The molecule has 1 N–H and O–H groups in total. The van der Waals surface area contributed by atoms with Crippen LogP contribution >= 0.6 is 0 Å². The number of amides is 1. The molecule has 3 heterocycles. The highest BCUT2D eigenvalue weighted by molar-refractivity contribution is 6.02. The van der Waals surface area contributed by atoms with Gasteiger partial charge in [0.05, 0.1) is 11.1 Å². The molecule has 3 aromatic rings. The Morgan fingerprint density at radius 3 is 2.40 bits per heavy atom. The minimum Gasteiger partial charge on any atom is -0.486 e. The normalized spacial score (nSPS) is 15.9. The Morgan fingerprint density at radius 2 is 1.71 bits per heavy atom. The molecule has 2 aliphatic rings. The highest BCUT2D eigenvalue weighted by atomic mass is 16.6. The number of carbonyl (C=O) groups excluding carboxylic acids is 1. The predicted molar refractivity (Wildman–Crippen MR) is 159 cm³/mol. The maximum atomic E-state index is 13.4. The van der Waals surface area contributed by atoms with Crippen molar-refractivity contribution in [2.24, 2.45) is 0 Å². The maximum Gasteiger partial charge on any atom is 0.410 e. The number of benzene rings is 2. The van der Waals surface area contributed by atoms with Gasteiger partial charge in [-0.1, -0.05) is 18.2 Å². The summed E-state index contributed by atoms with van der Waals surface area (Å²) >= 11 is 0. The molecule has 1 amide bonds. The van der Waals surface area contributed by atoms with Gasteiger partial charge in [0.25, 0.3) is 5.56 Å². The summed E-state index contributed by atoms with van der Waals surface area (Å²) in [4.78, 5) is 42.2. The quantitative estimate of drug-likeness (QED) is 0.431. The van der Waals surface area contributed by atoms with Crippen molar-refractivity contribution in [2.75, 3.05) is 32.8 Å². The van der Waals surface area contributed by atoms with Gasteiger partial charge >= 0.3 is 12.1 Å². The van der Waals surface area contributed by atoms with Gasteiger partial charge in [0, 0.05) is 50.2 Å². The van der Waals surface area contributed by atoms with Crippen molar-refractivity contribution in [3.63, 3.8) is 0 Å². The maximum absolute atomic E-state index is 13.4. The number of piperidine rings is 1. The first-order valence-corrected chi connectivity index (χ1v) is 14.5. The molecule has 0 bridgehead atoms. The Hall–Kier alpha value is -4.05. The van der Waals surface area contributed by atoms with E-state index in [-0.39, 0.29) is 23.3 Å². The molecule has 0 atom stereocenters. The van der Waals surface area contributed by atoms with Crippen LogP contribution in [0.25, 0.3) is 10.9 Å². The van der Waals surface area contributed by atoms with E-state index in [9.17, 15) is 19.5 Å². The fraction of sp³-hybridized carbons (Fsp3) is 0.469. The van der Waals surface area contributed by atoms with E-state index in [1.165, 1.54) is 6.07 Å². The first-order chi connectivity index (χ1) is 20.0. The number of carboxylic acid groups (broad SMARTS) is 1. The molecule has 0 radical (unpaired) electrons. The Bertz CT molecular complexity index is 1530. The molecule has 0 aliphatic carbocycles. The average Bonchev–Trinajstić information content (AvgIpc) is 2.94. The van der Waals surface area contributed by atoms with Crippen LogP contribution in [0.4, 0.5) is 4.79 Å². The molecule has 0 spiro atoms. The number of nitrogens with zero attached hydrogens (tertiary/aromatic N) is 3.